The Morgan fingerprint density at radius 1 is 1.37 bits per heavy atom. The van der Waals surface area contributed by atoms with Gasteiger partial charge in [-0.3, -0.25) is 4.68 Å². The van der Waals surface area contributed by atoms with Gasteiger partial charge in [-0.25, -0.2) is 4.98 Å². The summed E-state index contributed by atoms with van der Waals surface area (Å²) in [7, 11) is 1.93. The molecule has 0 bridgehead atoms. The summed E-state index contributed by atoms with van der Waals surface area (Å²) in [5.41, 5.74) is 2.11. The number of aromatic nitrogens is 3. The molecule has 0 spiro atoms. The van der Waals surface area contributed by atoms with Crippen molar-refractivity contribution in [3.8, 4) is 0 Å². The van der Waals surface area contributed by atoms with E-state index in [0.717, 1.165) is 36.1 Å². The molecule has 2 aromatic rings. The van der Waals surface area contributed by atoms with Crippen LogP contribution in [0.4, 0.5) is 10.8 Å². The van der Waals surface area contributed by atoms with Crippen molar-refractivity contribution in [2.45, 2.75) is 27.3 Å². The minimum Gasteiger partial charge on any atom is -0.377 e. The first-order chi connectivity index (χ1) is 9.13. The van der Waals surface area contributed by atoms with E-state index in [9.17, 15) is 0 Å². The SMILES string of the molecule is CCN(CC)c1ncc(CNc2cn(C)nc2C)s1. The molecule has 0 saturated heterocycles. The van der Waals surface area contributed by atoms with E-state index in [-0.39, 0.29) is 0 Å². The molecule has 2 aromatic heterocycles. The topological polar surface area (TPSA) is 46.0 Å². The predicted molar refractivity (Wildman–Crippen MR) is 80.9 cm³/mol. The van der Waals surface area contributed by atoms with Gasteiger partial charge >= 0.3 is 0 Å². The van der Waals surface area contributed by atoms with Crippen LogP contribution in [0, 0.1) is 6.92 Å². The van der Waals surface area contributed by atoms with Gasteiger partial charge in [0.1, 0.15) is 0 Å². The van der Waals surface area contributed by atoms with Crippen LogP contribution in [-0.4, -0.2) is 27.9 Å². The minimum absolute atomic E-state index is 0.797. The molecule has 0 aliphatic heterocycles. The van der Waals surface area contributed by atoms with Gasteiger partial charge in [0.15, 0.2) is 5.13 Å². The highest BCUT2D eigenvalue weighted by Gasteiger charge is 2.08. The van der Waals surface area contributed by atoms with E-state index in [1.54, 1.807) is 11.3 Å². The summed E-state index contributed by atoms with van der Waals surface area (Å²) in [6.07, 6.45) is 3.96. The molecule has 0 saturated carbocycles. The highest BCUT2D eigenvalue weighted by atomic mass is 32.1. The van der Waals surface area contributed by atoms with E-state index in [0.29, 0.717) is 0 Å². The number of aryl methyl sites for hydroxylation is 2. The number of anilines is 2. The zero-order chi connectivity index (χ0) is 13.8. The van der Waals surface area contributed by atoms with E-state index < -0.39 is 0 Å². The fraction of sp³-hybridized carbons (Fsp3) is 0.538. The first-order valence-corrected chi connectivity index (χ1v) is 7.39. The molecular formula is C13H21N5S. The van der Waals surface area contributed by atoms with Crippen LogP contribution in [0.1, 0.15) is 24.4 Å². The Labute approximate surface area is 118 Å². The quantitative estimate of drug-likeness (QED) is 0.883. The third-order valence-electron chi connectivity index (χ3n) is 3.04. The monoisotopic (exact) mass is 279 g/mol. The van der Waals surface area contributed by atoms with Crippen molar-refractivity contribution < 1.29 is 0 Å². The van der Waals surface area contributed by atoms with E-state index in [2.05, 4.69) is 34.1 Å². The van der Waals surface area contributed by atoms with Crippen LogP contribution in [-0.2, 0) is 13.6 Å². The molecule has 0 fully saturated rings. The third-order valence-corrected chi connectivity index (χ3v) is 4.10. The fourth-order valence-corrected chi connectivity index (χ4v) is 2.95. The number of rotatable bonds is 6. The van der Waals surface area contributed by atoms with Gasteiger partial charge in [-0.05, 0) is 20.8 Å². The molecule has 0 aliphatic carbocycles. The lowest BCUT2D eigenvalue weighted by molar-refractivity contribution is 0.756. The molecule has 6 heteroatoms. The van der Waals surface area contributed by atoms with Gasteiger partial charge in [-0.15, -0.1) is 11.3 Å². The van der Waals surface area contributed by atoms with Crippen LogP contribution in [0.15, 0.2) is 12.4 Å². The van der Waals surface area contributed by atoms with Crippen molar-refractivity contribution in [1.29, 1.82) is 0 Å². The molecule has 1 N–H and O–H groups in total. The lowest BCUT2D eigenvalue weighted by Gasteiger charge is -2.16. The van der Waals surface area contributed by atoms with Crippen molar-refractivity contribution >= 4 is 22.2 Å². The molecule has 0 radical (unpaired) electrons. The number of thiazole rings is 1. The van der Waals surface area contributed by atoms with Crippen molar-refractivity contribution in [1.82, 2.24) is 14.8 Å². The van der Waals surface area contributed by atoms with E-state index in [4.69, 9.17) is 0 Å². The molecule has 2 rings (SSSR count). The van der Waals surface area contributed by atoms with Crippen LogP contribution in [0.25, 0.3) is 0 Å². The highest BCUT2D eigenvalue weighted by molar-refractivity contribution is 7.15. The average Bonchev–Trinajstić information content (AvgIpc) is 2.96. The van der Waals surface area contributed by atoms with Crippen molar-refractivity contribution in [2.24, 2.45) is 7.05 Å². The molecular weight excluding hydrogens is 258 g/mol. The zero-order valence-electron chi connectivity index (χ0n) is 12.0. The lowest BCUT2D eigenvalue weighted by Crippen LogP contribution is -2.21. The maximum atomic E-state index is 4.48. The molecule has 0 atom stereocenters. The summed E-state index contributed by atoms with van der Waals surface area (Å²) in [5, 5.41) is 8.83. The van der Waals surface area contributed by atoms with Gasteiger partial charge in [0.2, 0.25) is 0 Å². The third kappa shape index (κ3) is 3.26. The summed E-state index contributed by atoms with van der Waals surface area (Å²) < 4.78 is 1.83. The first kappa shape index (κ1) is 13.9. The van der Waals surface area contributed by atoms with Crippen LogP contribution in [0.2, 0.25) is 0 Å². The van der Waals surface area contributed by atoms with Crippen molar-refractivity contribution in [2.75, 3.05) is 23.3 Å². The smallest absolute Gasteiger partial charge is 0.185 e. The van der Waals surface area contributed by atoms with E-state index in [1.165, 1.54) is 4.88 Å². The minimum atomic E-state index is 0.797. The van der Waals surface area contributed by atoms with Crippen molar-refractivity contribution in [3.63, 3.8) is 0 Å². The molecule has 0 amide bonds. The van der Waals surface area contributed by atoms with Crippen LogP contribution >= 0.6 is 11.3 Å². The van der Waals surface area contributed by atoms with Gasteiger partial charge in [-0.2, -0.15) is 5.10 Å². The molecule has 19 heavy (non-hydrogen) atoms. The molecule has 5 nitrogen and oxygen atoms in total. The molecule has 0 aromatic carbocycles. The second-order valence-electron chi connectivity index (χ2n) is 4.44. The van der Waals surface area contributed by atoms with Gasteiger partial charge in [0.25, 0.3) is 0 Å². The normalized spacial score (nSPS) is 10.7. The predicted octanol–water partition coefficient (Wildman–Crippen LogP) is 2.64. The van der Waals surface area contributed by atoms with Gasteiger partial charge in [0, 0.05) is 37.4 Å². The average molecular weight is 279 g/mol. The van der Waals surface area contributed by atoms with Crippen LogP contribution in [0.5, 0.6) is 0 Å². The standard InChI is InChI=1S/C13H21N5S/c1-5-18(6-2)13-15-8-11(19-13)7-14-12-9-17(4)16-10(12)3/h8-9,14H,5-7H2,1-4H3. The lowest BCUT2D eigenvalue weighted by atomic mass is 10.4. The fourth-order valence-electron chi connectivity index (χ4n) is 1.97. The Bertz CT molecular complexity index is 527. The molecule has 0 unspecified atom stereocenters. The number of hydrogen-bond acceptors (Lipinski definition) is 5. The van der Waals surface area contributed by atoms with E-state index in [1.807, 2.05) is 31.0 Å². The Kier molecular flexibility index (Phi) is 4.42. The number of nitrogens with one attached hydrogen (secondary N) is 1. The van der Waals surface area contributed by atoms with Gasteiger partial charge in [0.05, 0.1) is 17.9 Å². The van der Waals surface area contributed by atoms with Crippen molar-refractivity contribution in [3.05, 3.63) is 23.0 Å². The largest absolute Gasteiger partial charge is 0.377 e. The summed E-state index contributed by atoms with van der Waals surface area (Å²) in [6, 6.07) is 0. The molecule has 2 heterocycles. The zero-order valence-corrected chi connectivity index (χ0v) is 12.8. The Morgan fingerprint density at radius 3 is 2.68 bits per heavy atom. The Morgan fingerprint density at radius 2 is 2.11 bits per heavy atom. The second kappa shape index (κ2) is 6.06. The first-order valence-electron chi connectivity index (χ1n) is 6.57. The van der Waals surface area contributed by atoms with E-state index >= 15 is 0 Å². The Hall–Kier alpha value is -1.56. The summed E-state index contributed by atoms with van der Waals surface area (Å²) in [4.78, 5) is 7.99. The molecule has 0 aliphatic rings. The van der Waals surface area contributed by atoms with Gasteiger partial charge < -0.3 is 10.2 Å². The Balaban J connectivity index is 1.98. The number of hydrogen-bond donors (Lipinski definition) is 1. The van der Waals surface area contributed by atoms with Crippen LogP contribution < -0.4 is 10.2 Å². The maximum absolute atomic E-state index is 4.48. The maximum Gasteiger partial charge on any atom is 0.185 e. The summed E-state index contributed by atoms with van der Waals surface area (Å²) in [5.74, 6) is 0. The highest BCUT2D eigenvalue weighted by Crippen LogP contribution is 2.23. The number of nitrogens with zero attached hydrogens (tertiary/aromatic N) is 4. The summed E-state index contributed by atoms with van der Waals surface area (Å²) in [6.45, 7) is 9.11. The summed E-state index contributed by atoms with van der Waals surface area (Å²) >= 11 is 1.75. The molecule has 104 valence electrons. The second-order valence-corrected chi connectivity index (χ2v) is 5.53. The van der Waals surface area contributed by atoms with Gasteiger partial charge in [-0.1, -0.05) is 0 Å². The van der Waals surface area contributed by atoms with Crippen LogP contribution in [0.3, 0.4) is 0 Å².